The average Bonchev–Trinajstić information content (AvgIpc) is 3.31. The molecule has 1 aliphatic heterocycles. The summed E-state index contributed by atoms with van der Waals surface area (Å²) < 4.78 is 8.99. The van der Waals surface area contributed by atoms with Crippen molar-refractivity contribution in [1.29, 1.82) is 0 Å². The zero-order valence-corrected chi connectivity index (χ0v) is 13.9. The van der Waals surface area contributed by atoms with Crippen LogP contribution in [0.3, 0.4) is 0 Å². The van der Waals surface area contributed by atoms with E-state index in [1.807, 2.05) is 41.4 Å². The van der Waals surface area contributed by atoms with Crippen molar-refractivity contribution in [3.63, 3.8) is 0 Å². The van der Waals surface area contributed by atoms with E-state index in [1.54, 1.807) is 30.4 Å². The molecule has 7 heteroatoms. The Kier molecular flexibility index (Phi) is 3.97. The van der Waals surface area contributed by atoms with Gasteiger partial charge in [-0.1, -0.05) is 12.1 Å². The Bertz CT molecular complexity index is 854. The third-order valence-electron chi connectivity index (χ3n) is 4.54. The number of fused-ring (bicyclic) bond motifs is 1. The lowest BCUT2D eigenvalue weighted by atomic mass is 10.0. The molecule has 0 N–H and O–H groups in total. The molecule has 0 spiro atoms. The molecule has 1 aromatic carbocycles. The number of rotatable bonds is 4. The summed E-state index contributed by atoms with van der Waals surface area (Å²) in [6.45, 7) is 1.40. The van der Waals surface area contributed by atoms with Crippen LogP contribution in [0.5, 0.6) is 5.75 Å². The molecule has 128 valence electrons. The number of hydrogen-bond donors (Lipinski definition) is 0. The summed E-state index contributed by atoms with van der Waals surface area (Å²) in [6, 6.07) is 9.65. The number of carbonyl (C=O) groups excluding carboxylic acids is 1. The molecular formula is C18H19N5O2. The molecule has 0 radical (unpaired) electrons. The molecule has 25 heavy (non-hydrogen) atoms. The van der Waals surface area contributed by atoms with Crippen molar-refractivity contribution in [2.24, 2.45) is 0 Å². The molecule has 1 aliphatic rings. The van der Waals surface area contributed by atoms with E-state index < -0.39 is 0 Å². The minimum Gasteiger partial charge on any atom is -0.497 e. The van der Waals surface area contributed by atoms with Gasteiger partial charge in [0.1, 0.15) is 18.1 Å². The molecule has 4 rings (SSSR count). The molecule has 0 aliphatic carbocycles. The van der Waals surface area contributed by atoms with Crippen molar-refractivity contribution in [3.05, 3.63) is 66.5 Å². The Morgan fingerprint density at radius 2 is 2.08 bits per heavy atom. The first-order chi connectivity index (χ1) is 12.2. The zero-order chi connectivity index (χ0) is 17.2. The van der Waals surface area contributed by atoms with Crippen molar-refractivity contribution < 1.29 is 9.53 Å². The average molecular weight is 337 g/mol. The monoisotopic (exact) mass is 337 g/mol. The Morgan fingerprint density at radius 1 is 1.24 bits per heavy atom. The number of ether oxygens (including phenoxy) is 1. The Balaban J connectivity index is 1.64. The normalized spacial score (nSPS) is 16.5. The zero-order valence-electron chi connectivity index (χ0n) is 13.9. The van der Waals surface area contributed by atoms with Gasteiger partial charge in [0, 0.05) is 31.3 Å². The lowest BCUT2D eigenvalue weighted by Crippen LogP contribution is -2.42. The predicted molar refractivity (Wildman–Crippen MR) is 90.7 cm³/mol. The maximum Gasteiger partial charge on any atom is 0.245 e. The Labute approximate surface area is 145 Å². The SMILES string of the molecule is COc1ccc([C@@H]2Cn3ccnc3CN2C(=O)Cn2cccn2)cc1. The molecular weight excluding hydrogens is 318 g/mol. The number of imidazole rings is 1. The van der Waals surface area contributed by atoms with Gasteiger partial charge in [-0.2, -0.15) is 5.10 Å². The first-order valence-electron chi connectivity index (χ1n) is 8.15. The van der Waals surface area contributed by atoms with Gasteiger partial charge in [-0.15, -0.1) is 0 Å². The summed E-state index contributed by atoms with van der Waals surface area (Å²) in [5.41, 5.74) is 1.08. The lowest BCUT2D eigenvalue weighted by molar-refractivity contribution is -0.136. The second kappa shape index (κ2) is 6.43. The molecule has 0 unspecified atom stereocenters. The fourth-order valence-corrected chi connectivity index (χ4v) is 3.20. The van der Waals surface area contributed by atoms with Crippen LogP contribution in [0.25, 0.3) is 0 Å². The van der Waals surface area contributed by atoms with Crippen molar-refractivity contribution in [1.82, 2.24) is 24.2 Å². The van der Waals surface area contributed by atoms with E-state index in [0.717, 1.165) is 17.1 Å². The Hall–Kier alpha value is -3.09. The van der Waals surface area contributed by atoms with Crippen LogP contribution < -0.4 is 4.74 Å². The van der Waals surface area contributed by atoms with Crippen LogP contribution in [-0.2, 0) is 24.4 Å². The highest BCUT2D eigenvalue weighted by molar-refractivity contribution is 5.76. The predicted octanol–water partition coefficient (Wildman–Crippen LogP) is 1.87. The van der Waals surface area contributed by atoms with Crippen LogP contribution in [0.15, 0.2) is 55.1 Å². The second-order valence-corrected chi connectivity index (χ2v) is 6.01. The maximum atomic E-state index is 12.9. The number of carbonyl (C=O) groups is 1. The number of hydrogen-bond acceptors (Lipinski definition) is 4. The van der Waals surface area contributed by atoms with Gasteiger partial charge < -0.3 is 14.2 Å². The number of nitrogens with zero attached hydrogens (tertiary/aromatic N) is 5. The van der Waals surface area contributed by atoms with E-state index in [9.17, 15) is 4.79 Å². The summed E-state index contributed by atoms with van der Waals surface area (Å²) in [7, 11) is 1.65. The molecule has 3 aromatic rings. The minimum atomic E-state index is -0.0457. The van der Waals surface area contributed by atoms with E-state index in [0.29, 0.717) is 13.1 Å². The maximum absolute atomic E-state index is 12.9. The van der Waals surface area contributed by atoms with E-state index in [1.165, 1.54) is 0 Å². The lowest BCUT2D eigenvalue weighted by Gasteiger charge is -2.36. The van der Waals surface area contributed by atoms with Gasteiger partial charge in [-0.05, 0) is 23.8 Å². The smallest absolute Gasteiger partial charge is 0.245 e. The van der Waals surface area contributed by atoms with Crippen molar-refractivity contribution in [2.75, 3.05) is 7.11 Å². The van der Waals surface area contributed by atoms with Crippen LogP contribution >= 0.6 is 0 Å². The number of aromatic nitrogens is 4. The van der Waals surface area contributed by atoms with Crippen LogP contribution in [0.4, 0.5) is 0 Å². The van der Waals surface area contributed by atoms with Gasteiger partial charge in [0.25, 0.3) is 0 Å². The summed E-state index contributed by atoms with van der Waals surface area (Å²) in [5, 5.41) is 4.14. The molecule has 0 saturated heterocycles. The molecule has 0 fully saturated rings. The molecule has 3 heterocycles. The number of benzene rings is 1. The molecule has 2 aromatic heterocycles. The van der Waals surface area contributed by atoms with Crippen molar-refractivity contribution >= 4 is 5.91 Å². The first-order valence-corrected chi connectivity index (χ1v) is 8.15. The number of methoxy groups -OCH3 is 1. The van der Waals surface area contributed by atoms with Crippen molar-refractivity contribution in [2.45, 2.75) is 25.7 Å². The van der Waals surface area contributed by atoms with Gasteiger partial charge in [0.05, 0.1) is 19.7 Å². The molecule has 1 amide bonds. The highest BCUT2D eigenvalue weighted by atomic mass is 16.5. The van der Waals surface area contributed by atoms with E-state index >= 15 is 0 Å². The summed E-state index contributed by atoms with van der Waals surface area (Å²) in [6.07, 6.45) is 7.21. The third kappa shape index (κ3) is 3.00. The molecule has 0 saturated carbocycles. The third-order valence-corrected chi connectivity index (χ3v) is 4.54. The quantitative estimate of drug-likeness (QED) is 0.729. The fourth-order valence-electron chi connectivity index (χ4n) is 3.20. The summed E-state index contributed by atoms with van der Waals surface area (Å²) >= 11 is 0. The van der Waals surface area contributed by atoms with Crippen LogP contribution in [0, 0.1) is 0 Å². The van der Waals surface area contributed by atoms with E-state index in [2.05, 4.69) is 14.6 Å². The molecule has 7 nitrogen and oxygen atoms in total. The standard InChI is InChI=1S/C18H19N5O2/c1-25-15-5-3-14(4-6-15)16-11-21-10-8-19-17(21)12-23(16)18(24)13-22-9-2-7-20-22/h2-10,16H,11-13H2,1H3/t16-/m0/s1. The van der Waals surface area contributed by atoms with E-state index in [-0.39, 0.29) is 18.5 Å². The number of amides is 1. The largest absolute Gasteiger partial charge is 0.497 e. The fraction of sp³-hybridized carbons (Fsp3) is 0.278. The first kappa shape index (κ1) is 15.4. The van der Waals surface area contributed by atoms with Gasteiger partial charge in [0.15, 0.2) is 0 Å². The van der Waals surface area contributed by atoms with Crippen LogP contribution in [0.1, 0.15) is 17.4 Å². The van der Waals surface area contributed by atoms with Gasteiger partial charge in [0.2, 0.25) is 5.91 Å². The van der Waals surface area contributed by atoms with Gasteiger partial charge >= 0.3 is 0 Å². The van der Waals surface area contributed by atoms with E-state index in [4.69, 9.17) is 4.74 Å². The highest BCUT2D eigenvalue weighted by Crippen LogP contribution is 2.30. The van der Waals surface area contributed by atoms with Crippen LogP contribution in [-0.4, -0.2) is 37.2 Å². The highest BCUT2D eigenvalue weighted by Gasteiger charge is 2.31. The van der Waals surface area contributed by atoms with Gasteiger partial charge in [-0.25, -0.2) is 4.98 Å². The minimum absolute atomic E-state index is 0.0266. The second-order valence-electron chi connectivity index (χ2n) is 6.01. The Morgan fingerprint density at radius 3 is 2.80 bits per heavy atom. The topological polar surface area (TPSA) is 65.2 Å². The molecule has 1 atom stereocenters. The summed E-state index contributed by atoms with van der Waals surface area (Å²) in [5.74, 6) is 1.73. The van der Waals surface area contributed by atoms with Gasteiger partial charge in [-0.3, -0.25) is 9.48 Å². The van der Waals surface area contributed by atoms with Crippen LogP contribution in [0.2, 0.25) is 0 Å². The van der Waals surface area contributed by atoms with Crippen molar-refractivity contribution in [3.8, 4) is 5.75 Å². The summed E-state index contributed by atoms with van der Waals surface area (Å²) in [4.78, 5) is 19.2. The molecule has 0 bridgehead atoms.